The van der Waals surface area contributed by atoms with Crippen molar-refractivity contribution in [2.24, 2.45) is 5.84 Å². The van der Waals surface area contributed by atoms with Crippen LogP contribution in [0.2, 0.25) is 0 Å². The molecule has 0 bridgehead atoms. The van der Waals surface area contributed by atoms with E-state index in [1.165, 1.54) is 12.1 Å². The van der Waals surface area contributed by atoms with Gasteiger partial charge in [-0.2, -0.15) is 5.01 Å². The van der Waals surface area contributed by atoms with Crippen molar-refractivity contribution in [1.82, 2.24) is 15.9 Å². The number of esters is 2. The zero-order valence-electron chi connectivity index (χ0n) is 20.5. The first kappa shape index (κ1) is 29.3. The number of imide groups is 1. The van der Waals surface area contributed by atoms with E-state index < -0.39 is 52.6 Å². The highest BCUT2D eigenvalue weighted by Gasteiger charge is 2.28. The fourth-order valence-corrected chi connectivity index (χ4v) is 3.11. The molecule has 0 heterocycles. The van der Waals surface area contributed by atoms with Gasteiger partial charge >= 0.3 is 11.9 Å². The minimum atomic E-state index is -1.13. The van der Waals surface area contributed by atoms with Crippen LogP contribution in [0, 0.1) is 0 Å². The quantitative estimate of drug-likeness (QED) is 0.0763. The average Bonchev–Trinajstić information content (AvgIpc) is 2.83. The molecule has 0 fully saturated rings. The number of carbonyl (C=O) groups is 6. The summed E-state index contributed by atoms with van der Waals surface area (Å²) >= 11 is 0. The molecule has 6 N–H and O–H groups in total. The molecule has 2 aromatic carbocycles. The Balaban J connectivity index is 2.30. The number of nitrogens with zero attached hydrogens (tertiary/aromatic N) is 1. The first-order chi connectivity index (χ1) is 17.9. The lowest BCUT2D eigenvalue weighted by molar-refractivity contribution is -0.132. The van der Waals surface area contributed by atoms with Crippen molar-refractivity contribution in [2.45, 2.75) is 39.5 Å². The summed E-state index contributed by atoms with van der Waals surface area (Å²) < 4.78 is 9.67. The Morgan fingerprint density at radius 3 is 1.79 bits per heavy atom. The summed E-state index contributed by atoms with van der Waals surface area (Å²) in [4.78, 5) is 72.5. The van der Waals surface area contributed by atoms with Crippen molar-refractivity contribution in [3.63, 3.8) is 0 Å². The topological polar surface area (TPSA) is 215 Å². The number of nitrogens with two attached hydrogens (primary N) is 1. The number of hydrogen-bond acceptors (Lipinski definition) is 11. The van der Waals surface area contributed by atoms with Crippen LogP contribution < -0.4 is 26.2 Å². The van der Waals surface area contributed by atoms with Crippen LogP contribution in [-0.2, 0) is 19.2 Å². The Kier molecular flexibility index (Phi) is 10.3. The Bertz CT molecular complexity index is 1260. The second-order valence-electron chi connectivity index (χ2n) is 7.80. The lowest BCUT2D eigenvalue weighted by Gasteiger charge is -2.22. The normalized spacial score (nSPS) is 10.2. The van der Waals surface area contributed by atoms with Gasteiger partial charge in [0, 0.05) is 38.8 Å². The van der Waals surface area contributed by atoms with Crippen molar-refractivity contribution in [3.05, 3.63) is 47.5 Å². The van der Waals surface area contributed by atoms with Gasteiger partial charge in [-0.3, -0.25) is 39.6 Å². The van der Waals surface area contributed by atoms with Gasteiger partial charge in [-0.15, -0.1) is 0 Å². The summed E-state index contributed by atoms with van der Waals surface area (Å²) in [5, 5.41) is 20.9. The van der Waals surface area contributed by atoms with E-state index >= 15 is 0 Å². The van der Waals surface area contributed by atoms with Crippen molar-refractivity contribution in [3.8, 4) is 23.0 Å². The van der Waals surface area contributed by atoms with Crippen molar-refractivity contribution in [2.75, 3.05) is 0 Å². The van der Waals surface area contributed by atoms with Gasteiger partial charge in [0.2, 0.25) is 11.8 Å². The third kappa shape index (κ3) is 8.30. The molecule has 0 saturated carbocycles. The highest BCUT2D eigenvalue weighted by molar-refractivity contribution is 6.09. The van der Waals surface area contributed by atoms with Crippen molar-refractivity contribution < 1.29 is 48.5 Å². The number of unbranched alkanes of at least 4 members (excludes halogenated alkanes) is 1. The van der Waals surface area contributed by atoms with Crippen LogP contribution in [-0.4, -0.2) is 50.8 Å². The third-order valence-electron chi connectivity index (χ3n) is 4.81. The minimum Gasteiger partial charge on any atom is -0.507 e. The van der Waals surface area contributed by atoms with Gasteiger partial charge < -0.3 is 19.7 Å². The molecule has 0 unspecified atom stereocenters. The molecule has 0 spiro atoms. The van der Waals surface area contributed by atoms with Crippen molar-refractivity contribution in [1.29, 1.82) is 0 Å². The number of hydrogen-bond donors (Lipinski definition) is 5. The molecule has 0 aliphatic rings. The van der Waals surface area contributed by atoms with E-state index in [0.717, 1.165) is 38.1 Å². The Morgan fingerprint density at radius 2 is 1.32 bits per heavy atom. The predicted octanol–water partition coefficient (Wildman–Crippen LogP) is 0.813. The molecular formula is C24H26N4O10. The zero-order chi connectivity index (χ0) is 28.4. The number of hydrazine groups is 2. The summed E-state index contributed by atoms with van der Waals surface area (Å²) in [5.74, 6) is -1.24. The van der Waals surface area contributed by atoms with E-state index in [2.05, 4.69) is 5.43 Å². The molecule has 38 heavy (non-hydrogen) atoms. The number of phenols is 2. The zero-order valence-corrected chi connectivity index (χ0v) is 20.5. The smallest absolute Gasteiger partial charge is 0.308 e. The van der Waals surface area contributed by atoms with Crippen LogP contribution in [0.4, 0.5) is 0 Å². The molecule has 0 radical (unpaired) electrons. The summed E-state index contributed by atoms with van der Waals surface area (Å²) in [7, 11) is 0. The van der Waals surface area contributed by atoms with Crippen LogP contribution >= 0.6 is 0 Å². The fourth-order valence-electron chi connectivity index (χ4n) is 3.11. The number of carbonyl (C=O) groups excluding carboxylic acids is 6. The first-order valence-corrected chi connectivity index (χ1v) is 11.1. The molecule has 14 nitrogen and oxygen atoms in total. The van der Waals surface area contributed by atoms with Crippen LogP contribution in [0.15, 0.2) is 36.4 Å². The van der Waals surface area contributed by atoms with Gasteiger partial charge in [0.1, 0.15) is 23.0 Å². The standard InChI is InChI=1S/C24H26N4O10/c1-13(29)37-15-7-9-17(19(31)11-15)23(35)27-28(22(34)6-4-3-5-21(33)26-25)24(36)18-10-8-16(12-20(18)32)38-14(2)30/h7-12,31-32H,3-6,25H2,1-2H3,(H,26,33)(H,27,35). The maximum Gasteiger partial charge on any atom is 0.308 e. The van der Waals surface area contributed by atoms with E-state index in [1.807, 2.05) is 5.43 Å². The number of nitrogens with one attached hydrogen (secondary N) is 2. The number of amides is 4. The molecule has 202 valence electrons. The minimum absolute atomic E-state index is 0.0189. The second kappa shape index (κ2) is 13.4. The van der Waals surface area contributed by atoms with Crippen LogP contribution in [0.25, 0.3) is 0 Å². The lowest BCUT2D eigenvalue weighted by atomic mass is 10.1. The highest BCUT2D eigenvalue weighted by atomic mass is 16.5. The van der Waals surface area contributed by atoms with Gasteiger partial charge in [-0.25, -0.2) is 5.84 Å². The maximum atomic E-state index is 13.2. The molecule has 2 rings (SSSR count). The molecule has 0 aliphatic heterocycles. The largest absolute Gasteiger partial charge is 0.507 e. The van der Waals surface area contributed by atoms with E-state index in [9.17, 15) is 39.0 Å². The third-order valence-corrected chi connectivity index (χ3v) is 4.81. The van der Waals surface area contributed by atoms with Gasteiger partial charge in [0.25, 0.3) is 11.8 Å². The SMILES string of the molecule is CC(=O)Oc1ccc(C(=O)NN(C(=O)CCCCC(=O)NN)C(=O)c2ccc(OC(C)=O)cc2O)c(O)c1. The summed E-state index contributed by atoms with van der Waals surface area (Å²) in [5.41, 5.74) is 3.27. The first-order valence-electron chi connectivity index (χ1n) is 11.1. The Morgan fingerprint density at radius 1 is 0.816 bits per heavy atom. The molecule has 2 aromatic rings. The number of phenolic OH excluding ortho intramolecular Hbond substituents is 2. The Labute approximate surface area is 216 Å². The molecule has 4 amide bonds. The Hall–Kier alpha value is -4.98. The number of benzene rings is 2. The van der Waals surface area contributed by atoms with E-state index in [4.69, 9.17) is 15.3 Å². The van der Waals surface area contributed by atoms with Gasteiger partial charge in [-0.1, -0.05) is 0 Å². The van der Waals surface area contributed by atoms with Gasteiger partial charge in [-0.05, 0) is 37.1 Å². The summed E-state index contributed by atoms with van der Waals surface area (Å²) in [6, 6.07) is 6.57. The molecule has 14 heteroatoms. The van der Waals surface area contributed by atoms with Gasteiger partial charge in [0.05, 0.1) is 11.1 Å². The summed E-state index contributed by atoms with van der Waals surface area (Å²) in [6.45, 7) is 2.28. The van der Waals surface area contributed by atoms with E-state index in [1.54, 1.807) is 0 Å². The van der Waals surface area contributed by atoms with E-state index in [0.29, 0.717) is 5.01 Å². The van der Waals surface area contributed by atoms with E-state index in [-0.39, 0.29) is 42.7 Å². The fraction of sp³-hybridized carbons (Fsp3) is 0.250. The monoisotopic (exact) mass is 530 g/mol. The van der Waals surface area contributed by atoms with Crippen LogP contribution in [0.3, 0.4) is 0 Å². The lowest BCUT2D eigenvalue weighted by Crippen LogP contribution is -2.49. The molecule has 0 saturated heterocycles. The van der Waals surface area contributed by atoms with Crippen LogP contribution in [0.5, 0.6) is 23.0 Å². The number of aromatic hydroxyl groups is 2. The second-order valence-corrected chi connectivity index (χ2v) is 7.80. The number of ether oxygens (including phenoxy) is 2. The molecule has 0 aliphatic carbocycles. The predicted molar refractivity (Wildman–Crippen MR) is 128 cm³/mol. The van der Waals surface area contributed by atoms with Crippen LogP contribution in [0.1, 0.15) is 60.2 Å². The molecule has 0 aromatic heterocycles. The highest BCUT2D eigenvalue weighted by Crippen LogP contribution is 2.26. The van der Waals surface area contributed by atoms with Gasteiger partial charge in [0.15, 0.2) is 0 Å². The number of rotatable bonds is 9. The molecule has 0 atom stereocenters. The van der Waals surface area contributed by atoms with Crippen molar-refractivity contribution >= 4 is 35.6 Å². The average molecular weight is 530 g/mol. The summed E-state index contributed by atoms with van der Waals surface area (Å²) in [6.07, 6.45) is 0.121. The molecular weight excluding hydrogens is 504 g/mol. The maximum absolute atomic E-state index is 13.2.